The van der Waals surface area contributed by atoms with E-state index in [1.807, 2.05) is 11.0 Å². The third-order valence-corrected chi connectivity index (χ3v) is 11.3. The van der Waals surface area contributed by atoms with Crippen LogP contribution >= 0.6 is 0 Å². The van der Waals surface area contributed by atoms with Crippen LogP contribution in [0.25, 0.3) is 16.9 Å². The second-order valence-electron chi connectivity index (χ2n) is 11.9. The fourth-order valence-electron chi connectivity index (χ4n) is 6.34. The summed E-state index contributed by atoms with van der Waals surface area (Å²) in [6.45, 7) is 2.44. The van der Waals surface area contributed by atoms with Crippen LogP contribution in [0.5, 0.6) is 0 Å². The maximum Gasteiger partial charge on any atom is 0.259 e. The number of nitrogens with two attached hydrogens (primary N) is 1. The number of hydrogen-bond acceptors (Lipinski definition) is 7. The van der Waals surface area contributed by atoms with Crippen LogP contribution in [-0.4, -0.2) is 57.1 Å². The number of fused-ring (bicyclic) bond motifs is 2. The molecule has 7 rings (SSSR count). The Morgan fingerprint density at radius 1 is 1.10 bits per heavy atom. The van der Waals surface area contributed by atoms with Crippen LogP contribution in [0, 0.1) is 5.92 Å². The van der Waals surface area contributed by atoms with E-state index in [2.05, 4.69) is 17.3 Å². The number of anilines is 1. The number of carbonyl (C=O) groups excluding carboxylic acids is 2. The molecule has 0 saturated heterocycles. The summed E-state index contributed by atoms with van der Waals surface area (Å²) in [7, 11) is -3.75. The summed E-state index contributed by atoms with van der Waals surface area (Å²) in [5, 5.41) is 6.71. The maximum atomic E-state index is 14.1. The van der Waals surface area contributed by atoms with Crippen LogP contribution in [0.2, 0.25) is 0 Å². The monoisotopic (exact) mass is 562 g/mol. The average Bonchev–Trinajstić information content (AvgIpc) is 3.88. The summed E-state index contributed by atoms with van der Waals surface area (Å²) in [6, 6.07) is 5.45. The first-order valence-electron chi connectivity index (χ1n) is 14.4. The molecule has 3 N–H and O–H groups in total. The van der Waals surface area contributed by atoms with E-state index >= 15 is 0 Å². The minimum absolute atomic E-state index is 0.0605. The molecule has 1 atom stereocenters. The van der Waals surface area contributed by atoms with Crippen molar-refractivity contribution in [3.63, 3.8) is 0 Å². The lowest BCUT2D eigenvalue weighted by atomic mass is 10.0. The highest BCUT2D eigenvalue weighted by Crippen LogP contribution is 2.42. The zero-order valence-corrected chi connectivity index (χ0v) is 23.4. The van der Waals surface area contributed by atoms with Gasteiger partial charge in [-0.1, -0.05) is 19.3 Å². The molecule has 0 unspecified atom stereocenters. The van der Waals surface area contributed by atoms with Crippen molar-refractivity contribution in [3.05, 3.63) is 41.1 Å². The van der Waals surface area contributed by atoms with E-state index in [9.17, 15) is 18.0 Å². The van der Waals surface area contributed by atoms with Gasteiger partial charge in [0.1, 0.15) is 5.56 Å². The number of hydrogen-bond donors (Lipinski definition) is 2. The first kappa shape index (κ1) is 25.5. The summed E-state index contributed by atoms with van der Waals surface area (Å²) < 4.78 is 29.7. The highest BCUT2D eigenvalue weighted by molar-refractivity contribution is 7.92. The summed E-state index contributed by atoms with van der Waals surface area (Å²) in [6.07, 6.45) is 9.73. The molecule has 0 bridgehead atoms. The molecule has 0 radical (unpaired) electrons. The number of aromatic nitrogens is 3. The molecule has 3 fully saturated rings. The smallest absolute Gasteiger partial charge is 0.259 e. The number of rotatable bonds is 7. The SMILES string of the molecule is C[C@@H](C1CC1)N1Cc2cc(-c3ccn4nc(N)c(C(=O)NC5CC5)c4n3)cc(S(=O)(=O)C3CCCCC3)c2C1=O. The molecule has 3 aromatic rings. The molecular weight excluding hydrogens is 528 g/mol. The summed E-state index contributed by atoms with van der Waals surface area (Å²) in [5.74, 6) is 0.0474. The molecule has 40 heavy (non-hydrogen) atoms. The number of nitrogens with zero attached hydrogens (tertiary/aromatic N) is 4. The van der Waals surface area contributed by atoms with Crippen LogP contribution in [0.1, 0.15) is 91.0 Å². The quantitative estimate of drug-likeness (QED) is 0.447. The van der Waals surface area contributed by atoms with Gasteiger partial charge in [-0.3, -0.25) is 9.59 Å². The highest BCUT2D eigenvalue weighted by atomic mass is 32.2. The number of nitrogens with one attached hydrogen (secondary N) is 1. The number of sulfone groups is 1. The normalized spacial score (nSPS) is 20.6. The van der Waals surface area contributed by atoms with Gasteiger partial charge in [-0.05, 0) is 75.1 Å². The minimum atomic E-state index is -3.75. The van der Waals surface area contributed by atoms with E-state index in [4.69, 9.17) is 10.7 Å². The molecule has 3 aliphatic carbocycles. The largest absolute Gasteiger partial charge is 0.381 e. The van der Waals surface area contributed by atoms with Crippen LogP contribution in [0.15, 0.2) is 29.3 Å². The van der Waals surface area contributed by atoms with Gasteiger partial charge in [-0.15, -0.1) is 5.10 Å². The molecule has 3 saturated carbocycles. The van der Waals surface area contributed by atoms with Gasteiger partial charge < -0.3 is 16.0 Å². The fraction of sp³-hybridized carbons (Fsp3) is 0.517. The van der Waals surface area contributed by atoms with Crippen molar-refractivity contribution >= 4 is 33.1 Å². The molecular formula is C29H34N6O4S. The molecule has 2 aromatic heterocycles. The summed E-state index contributed by atoms with van der Waals surface area (Å²) in [5.41, 5.74) is 8.76. The second kappa shape index (κ2) is 9.29. The van der Waals surface area contributed by atoms with Crippen molar-refractivity contribution in [1.82, 2.24) is 24.8 Å². The van der Waals surface area contributed by atoms with Crippen molar-refractivity contribution in [1.29, 1.82) is 0 Å². The molecule has 1 aromatic carbocycles. The Morgan fingerprint density at radius 2 is 1.85 bits per heavy atom. The van der Waals surface area contributed by atoms with Crippen LogP contribution < -0.4 is 11.1 Å². The van der Waals surface area contributed by atoms with Gasteiger partial charge in [0.15, 0.2) is 21.3 Å². The van der Waals surface area contributed by atoms with Crippen LogP contribution in [0.3, 0.4) is 0 Å². The van der Waals surface area contributed by atoms with Crippen LogP contribution in [-0.2, 0) is 16.4 Å². The van der Waals surface area contributed by atoms with Crippen molar-refractivity contribution in [2.75, 3.05) is 5.73 Å². The van der Waals surface area contributed by atoms with Crippen LogP contribution in [0.4, 0.5) is 5.82 Å². The highest BCUT2D eigenvalue weighted by Gasteiger charge is 2.43. The first-order valence-corrected chi connectivity index (χ1v) is 15.9. The Hall–Kier alpha value is -3.47. The third kappa shape index (κ3) is 4.25. The third-order valence-electron chi connectivity index (χ3n) is 9.04. The summed E-state index contributed by atoms with van der Waals surface area (Å²) in [4.78, 5) is 33.4. The van der Waals surface area contributed by atoms with Gasteiger partial charge in [0.2, 0.25) is 0 Å². The molecule has 3 heterocycles. The summed E-state index contributed by atoms with van der Waals surface area (Å²) >= 11 is 0. The van der Waals surface area contributed by atoms with Crippen molar-refractivity contribution in [3.8, 4) is 11.3 Å². The van der Waals surface area contributed by atoms with E-state index in [0.29, 0.717) is 53.3 Å². The van der Waals surface area contributed by atoms with Crippen molar-refractivity contribution < 1.29 is 18.0 Å². The first-order chi connectivity index (χ1) is 19.2. The molecule has 11 heteroatoms. The standard InChI is InChI=1S/C29H34N6O4S/c1-16(17-7-8-17)34-15-19-13-18(14-23(24(19)29(34)37)40(38,39)21-5-3-2-4-6-21)22-11-12-35-27(32-22)25(26(30)33-35)28(36)31-20-9-10-20/h11-14,16-17,20-21H,2-10,15H2,1H3,(H2,30,33)(H,31,36)/t16-/m0/s1. The van der Waals surface area contributed by atoms with E-state index in [1.165, 1.54) is 4.52 Å². The van der Waals surface area contributed by atoms with Gasteiger partial charge in [-0.2, -0.15) is 0 Å². The van der Waals surface area contributed by atoms with E-state index < -0.39 is 15.1 Å². The van der Waals surface area contributed by atoms with Gasteiger partial charge in [-0.25, -0.2) is 17.9 Å². The van der Waals surface area contributed by atoms with E-state index in [1.54, 1.807) is 18.3 Å². The molecule has 4 aliphatic rings. The molecule has 0 spiro atoms. The lowest BCUT2D eigenvalue weighted by Gasteiger charge is -2.25. The average molecular weight is 563 g/mol. The topological polar surface area (TPSA) is 140 Å². The molecule has 10 nitrogen and oxygen atoms in total. The number of carbonyl (C=O) groups is 2. The Bertz CT molecular complexity index is 1650. The van der Waals surface area contributed by atoms with Gasteiger partial charge in [0.05, 0.1) is 21.4 Å². The number of nitrogen functional groups attached to an aromatic ring is 1. The number of amides is 2. The molecule has 1 aliphatic heterocycles. The maximum absolute atomic E-state index is 14.1. The Balaban J connectivity index is 1.35. The number of benzene rings is 1. The lowest BCUT2D eigenvalue weighted by Crippen LogP contribution is -2.35. The Labute approximate surface area is 233 Å². The molecule has 210 valence electrons. The minimum Gasteiger partial charge on any atom is -0.381 e. The predicted molar refractivity (Wildman–Crippen MR) is 149 cm³/mol. The van der Waals surface area contributed by atoms with Gasteiger partial charge >= 0.3 is 0 Å². The van der Waals surface area contributed by atoms with Gasteiger partial charge in [0, 0.05) is 30.4 Å². The zero-order valence-electron chi connectivity index (χ0n) is 22.6. The van der Waals surface area contributed by atoms with E-state index in [-0.39, 0.29) is 40.2 Å². The zero-order chi connectivity index (χ0) is 27.8. The van der Waals surface area contributed by atoms with E-state index in [0.717, 1.165) is 44.9 Å². The fourth-order valence-corrected chi connectivity index (χ4v) is 8.45. The Morgan fingerprint density at radius 3 is 2.55 bits per heavy atom. The lowest BCUT2D eigenvalue weighted by molar-refractivity contribution is 0.0694. The second-order valence-corrected chi connectivity index (χ2v) is 14.1. The van der Waals surface area contributed by atoms with Gasteiger partial charge in [0.25, 0.3) is 11.8 Å². The predicted octanol–water partition coefficient (Wildman–Crippen LogP) is 3.73. The van der Waals surface area contributed by atoms with Crippen molar-refractivity contribution in [2.24, 2.45) is 5.92 Å². The van der Waals surface area contributed by atoms with Crippen molar-refractivity contribution in [2.45, 2.75) is 93.5 Å². The Kier molecular flexibility index (Phi) is 5.92. The molecule has 2 amide bonds.